The van der Waals surface area contributed by atoms with Crippen LogP contribution >= 0.6 is 11.6 Å². The zero-order chi connectivity index (χ0) is 17.8. The molecule has 2 aromatic carbocycles. The van der Waals surface area contributed by atoms with Gasteiger partial charge in [0, 0.05) is 25.6 Å². The molecule has 2 unspecified atom stereocenters. The topological polar surface area (TPSA) is 52.9 Å². The molecular formula is C20H24ClNO3. The number of piperidine rings is 1. The fourth-order valence-corrected chi connectivity index (χ4v) is 3.72. The van der Waals surface area contributed by atoms with Gasteiger partial charge in [-0.2, -0.15) is 0 Å². The standard InChI is InChI=1S/C20H24ClNO3/c1-25-19-11-15(10-17(21)20(19)24)9-16-13-22(8-7-18(16)23)12-14-5-3-2-4-6-14/h2-6,10-11,16,18,23-24H,7-9,12-13H2,1H3. The van der Waals surface area contributed by atoms with E-state index in [0.717, 1.165) is 31.6 Å². The van der Waals surface area contributed by atoms with Crippen molar-refractivity contribution < 1.29 is 14.9 Å². The molecule has 2 atom stereocenters. The Morgan fingerprint density at radius 1 is 1.20 bits per heavy atom. The number of nitrogens with zero attached hydrogens (tertiary/aromatic N) is 1. The summed E-state index contributed by atoms with van der Waals surface area (Å²) in [6.07, 6.45) is 1.13. The van der Waals surface area contributed by atoms with Gasteiger partial charge in [-0.25, -0.2) is 0 Å². The Morgan fingerprint density at radius 3 is 2.68 bits per heavy atom. The SMILES string of the molecule is COc1cc(CC2CN(Cc3ccccc3)CCC2O)cc(Cl)c1O. The molecule has 0 bridgehead atoms. The highest BCUT2D eigenvalue weighted by atomic mass is 35.5. The van der Waals surface area contributed by atoms with Gasteiger partial charge in [0.25, 0.3) is 0 Å². The Balaban J connectivity index is 1.69. The van der Waals surface area contributed by atoms with Crippen molar-refractivity contribution in [2.45, 2.75) is 25.5 Å². The molecule has 1 saturated heterocycles. The molecule has 25 heavy (non-hydrogen) atoms. The molecule has 134 valence electrons. The van der Waals surface area contributed by atoms with Crippen molar-refractivity contribution in [1.29, 1.82) is 0 Å². The van der Waals surface area contributed by atoms with Crippen LogP contribution in [0.2, 0.25) is 5.02 Å². The zero-order valence-electron chi connectivity index (χ0n) is 14.4. The first kappa shape index (κ1) is 18.1. The summed E-state index contributed by atoms with van der Waals surface area (Å²) in [7, 11) is 1.51. The van der Waals surface area contributed by atoms with Crippen LogP contribution in [0.1, 0.15) is 17.5 Å². The lowest BCUT2D eigenvalue weighted by molar-refractivity contribution is 0.0239. The number of methoxy groups -OCH3 is 1. The molecule has 3 rings (SSSR count). The van der Waals surface area contributed by atoms with E-state index in [1.54, 1.807) is 12.1 Å². The lowest BCUT2D eigenvalue weighted by atomic mass is 9.88. The number of phenols is 1. The third-order valence-corrected chi connectivity index (χ3v) is 5.12. The van der Waals surface area contributed by atoms with Gasteiger partial charge in [0.15, 0.2) is 11.5 Å². The van der Waals surface area contributed by atoms with E-state index in [2.05, 4.69) is 29.2 Å². The van der Waals surface area contributed by atoms with Crippen LogP contribution in [0.25, 0.3) is 0 Å². The third kappa shape index (κ3) is 4.46. The molecule has 1 heterocycles. The quantitative estimate of drug-likeness (QED) is 0.856. The molecule has 5 heteroatoms. The number of hydrogen-bond donors (Lipinski definition) is 2. The Bertz CT molecular complexity index is 708. The van der Waals surface area contributed by atoms with Crippen molar-refractivity contribution in [2.24, 2.45) is 5.92 Å². The summed E-state index contributed by atoms with van der Waals surface area (Å²) in [5.41, 5.74) is 2.25. The summed E-state index contributed by atoms with van der Waals surface area (Å²) >= 11 is 6.08. The summed E-state index contributed by atoms with van der Waals surface area (Å²) in [4.78, 5) is 2.38. The maximum Gasteiger partial charge on any atom is 0.176 e. The van der Waals surface area contributed by atoms with Gasteiger partial charge in [0.05, 0.1) is 18.2 Å². The first-order chi connectivity index (χ1) is 12.1. The molecule has 2 aromatic rings. The predicted molar refractivity (Wildman–Crippen MR) is 99.2 cm³/mol. The molecule has 2 N–H and O–H groups in total. The number of aromatic hydroxyl groups is 1. The van der Waals surface area contributed by atoms with E-state index >= 15 is 0 Å². The van der Waals surface area contributed by atoms with Crippen molar-refractivity contribution in [3.63, 3.8) is 0 Å². The minimum atomic E-state index is -0.328. The second-order valence-corrected chi connectivity index (χ2v) is 7.08. The fraction of sp³-hybridized carbons (Fsp3) is 0.400. The lowest BCUT2D eigenvalue weighted by Crippen LogP contribution is -2.43. The van der Waals surface area contributed by atoms with Crippen molar-refractivity contribution in [2.75, 3.05) is 20.2 Å². The summed E-state index contributed by atoms with van der Waals surface area (Å²) in [5, 5.41) is 20.6. The molecule has 0 spiro atoms. The van der Waals surface area contributed by atoms with Gasteiger partial charge >= 0.3 is 0 Å². The van der Waals surface area contributed by atoms with Gasteiger partial charge in [-0.3, -0.25) is 4.90 Å². The van der Waals surface area contributed by atoms with Crippen LogP contribution in [-0.2, 0) is 13.0 Å². The van der Waals surface area contributed by atoms with Gasteiger partial charge < -0.3 is 14.9 Å². The monoisotopic (exact) mass is 361 g/mol. The number of aliphatic hydroxyl groups excluding tert-OH is 1. The molecule has 0 saturated carbocycles. The van der Waals surface area contributed by atoms with E-state index in [4.69, 9.17) is 16.3 Å². The summed E-state index contributed by atoms with van der Waals surface area (Å²) in [6, 6.07) is 13.9. The van der Waals surface area contributed by atoms with E-state index in [1.165, 1.54) is 12.7 Å². The summed E-state index contributed by atoms with van der Waals surface area (Å²) in [6.45, 7) is 2.62. The van der Waals surface area contributed by atoms with Crippen LogP contribution in [0, 0.1) is 5.92 Å². The van der Waals surface area contributed by atoms with Crippen LogP contribution in [0.4, 0.5) is 0 Å². The van der Waals surface area contributed by atoms with E-state index < -0.39 is 0 Å². The highest BCUT2D eigenvalue weighted by molar-refractivity contribution is 6.32. The number of likely N-dealkylation sites (tertiary alicyclic amines) is 1. The lowest BCUT2D eigenvalue weighted by Gasteiger charge is -2.36. The molecule has 1 aliphatic rings. The van der Waals surface area contributed by atoms with Crippen molar-refractivity contribution in [1.82, 2.24) is 4.90 Å². The average Bonchev–Trinajstić information content (AvgIpc) is 2.61. The second kappa shape index (κ2) is 8.09. The average molecular weight is 362 g/mol. The Morgan fingerprint density at radius 2 is 1.96 bits per heavy atom. The molecule has 1 fully saturated rings. The molecule has 0 radical (unpaired) electrons. The van der Waals surface area contributed by atoms with E-state index in [-0.39, 0.29) is 22.8 Å². The molecule has 0 aromatic heterocycles. The first-order valence-corrected chi connectivity index (χ1v) is 8.94. The second-order valence-electron chi connectivity index (χ2n) is 6.67. The number of benzene rings is 2. The van der Waals surface area contributed by atoms with Gasteiger partial charge in [0.2, 0.25) is 0 Å². The van der Waals surface area contributed by atoms with Crippen LogP contribution in [-0.4, -0.2) is 41.4 Å². The smallest absolute Gasteiger partial charge is 0.176 e. The largest absolute Gasteiger partial charge is 0.503 e. The van der Waals surface area contributed by atoms with E-state index in [9.17, 15) is 10.2 Å². The van der Waals surface area contributed by atoms with Gasteiger partial charge in [-0.15, -0.1) is 0 Å². The van der Waals surface area contributed by atoms with Gasteiger partial charge in [-0.1, -0.05) is 41.9 Å². The number of phenolic OH excluding ortho intramolecular Hbond substituents is 1. The molecule has 0 aliphatic carbocycles. The maximum atomic E-state index is 10.4. The Kier molecular flexibility index (Phi) is 5.84. The molecular weight excluding hydrogens is 338 g/mol. The molecule has 4 nitrogen and oxygen atoms in total. The van der Waals surface area contributed by atoms with Crippen LogP contribution in [0.3, 0.4) is 0 Å². The third-order valence-electron chi connectivity index (χ3n) is 4.83. The van der Waals surface area contributed by atoms with Crippen LogP contribution < -0.4 is 4.74 Å². The number of aliphatic hydroxyl groups is 1. The first-order valence-electron chi connectivity index (χ1n) is 8.56. The highest BCUT2D eigenvalue weighted by Gasteiger charge is 2.28. The zero-order valence-corrected chi connectivity index (χ0v) is 15.1. The van der Waals surface area contributed by atoms with Gasteiger partial charge in [0.1, 0.15) is 0 Å². The maximum absolute atomic E-state index is 10.4. The van der Waals surface area contributed by atoms with Crippen molar-refractivity contribution >= 4 is 11.6 Å². The minimum Gasteiger partial charge on any atom is -0.503 e. The minimum absolute atomic E-state index is 0.0391. The number of hydrogen-bond acceptors (Lipinski definition) is 4. The number of rotatable bonds is 5. The van der Waals surface area contributed by atoms with Crippen molar-refractivity contribution in [3.05, 3.63) is 58.6 Å². The Hall–Kier alpha value is -1.75. The molecule has 1 aliphatic heterocycles. The van der Waals surface area contributed by atoms with Crippen LogP contribution in [0.5, 0.6) is 11.5 Å². The summed E-state index contributed by atoms with van der Waals surface area (Å²) < 4.78 is 5.18. The number of ether oxygens (including phenoxy) is 1. The summed E-state index contributed by atoms with van der Waals surface area (Å²) in [5.74, 6) is 0.458. The van der Waals surface area contributed by atoms with E-state index in [1.807, 2.05) is 6.07 Å². The number of halogens is 1. The van der Waals surface area contributed by atoms with E-state index in [0.29, 0.717) is 12.2 Å². The predicted octanol–water partition coefficient (Wildman–Crippen LogP) is 3.48. The van der Waals surface area contributed by atoms with Crippen molar-refractivity contribution in [3.8, 4) is 11.5 Å². The van der Waals surface area contributed by atoms with Crippen LogP contribution in [0.15, 0.2) is 42.5 Å². The highest BCUT2D eigenvalue weighted by Crippen LogP contribution is 2.36. The van der Waals surface area contributed by atoms with Gasteiger partial charge in [-0.05, 0) is 36.1 Å². The fourth-order valence-electron chi connectivity index (χ4n) is 3.48. The molecule has 0 amide bonds. The normalized spacial score (nSPS) is 21.2. The Labute approximate surface area is 153 Å².